The summed E-state index contributed by atoms with van der Waals surface area (Å²) in [5.74, 6) is 0.786. The van der Waals surface area contributed by atoms with E-state index in [1.807, 2.05) is 36.4 Å². The molecule has 1 saturated heterocycles. The van der Waals surface area contributed by atoms with Crippen LogP contribution in [0.15, 0.2) is 61.2 Å². The van der Waals surface area contributed by atoms with Crippen molar-refractivity contribution in [3.63, 3.8) is 0 Å². The lowest BCUT2D eigenvalue weighted by atomic mass is 10.0. The van der Waals surface area contributed by atoms with Crippen molar-refractivity contribution in [1.29, 1.82) is 0 Å². The normalized spacial score (nSPS) is 15.1. The van der Waals surface area contributed by atoms with Crippen LogP contribution < -0.4 is 10.1 Å². The summed E-state index contributed by atoms with van der Waals surface area (Å²) in [6, 6.07) is 15.9. The van der Waals surface area contributed by atoms with Crippen LogP contribution in [-0.2, 0) is 6.54 Å². The molecule has 1 N–H and O–H groups in total. The first-order valence-corrected chi connectivity index (χ1v) is 10.3. The molecule has 1 aliphatic rings. The van der Waals surface area contributed by atoms with Crippen molar-refractivity contribution in [3.8, 4) is 5.75 Å². The van der Waals surface area contributed by atoms with Crippen molar-refractivity contribution >= 4 is 5.91 Å². The quantitative estimate of drug-likeness (QED) is 0.624. The third kappa shape index (κ3) is 4.86. The van der Waals surface area contributed by atoms with Gasteiger partial charge in [-0.05, 0) is 61.3 Å². The zero-order valence-corrected chi connectivity index (χ0v) is 17.2. The van der Waals surface area contributed by atoms with Crippen molar-refractivity contribution in [2.45, 2.75) is 25.4 Å². The van der Waals surface area contributed by atoms with E-state index in [1.54, 1.807) is 18.1 Å². The van der Waals surface area contributed by atoms with Gasteiger partial charge in [-0.1, -0.05) is 24.3 Å². The van der Waals surface area contributed by atoms with Gasteiger partial charge in [0.1, 0.15) is 18.4 Å². The number of hydrogen-bond donors (Lipinski definition) is 1. The van der Waals surface area contributed by atoms with Crippen LogP contribution in [0.5, 0.6) is 5.75 Å². The summed E-state index contributed by atoms with van der Waals surface area (Å²) in [6.45, 7) is 3.33. The highest BCUT2D eigenvalue weighted by Gasteiger charge is 2.24. The summed E-state index contributed by atoms with van der Waals surface area (Å²) < 4.78 is 7.04. The number of aromatic nitrogens is 3. The molecule has 1 atom stereocenters. The van der Waals surface area contributed by atoms with Crippen molar-refractivity contribution < 1.29 is 9.53 Å². The van der Waals surface area contributed by atoms with Gasteiger partial charge in [0.05, 0.1) is 19.7 Å². The number of amides is 1. The molecule has 0 radical (unpaired) electrons. The second-order valence-electron chi connectivity index (χ2n) is 7.53. The van der Waals surface area contributed by atoms with E-state index >= 15 is 0 Å². The molecule has 0 unspecified atom stereocenters. The van der Waals surface area contributed by atoms with E-state index in [-0.39, 0.29) is 11.9 Å². The smallest absolute Gasteiger partial charge is 0.251 e. The molecule has 2 heterocycles. The van der Waals surface area contributed by atoms with Crippen LogP contribution in [-0.4, -0.2) is 52.3 Å². The standard InChI is InChI=1S/C23H27N5O2/c1-30-21-10-8-19(9-11-21)22(27-12-2-3-13-27)14-25-23(29)20-6-4-18(5-7-20)15-28-17-24-16-26-28/h4-11,16-17,22H,2-3,12-15H2,1H3,(H,25,29)/t22-/m0/s1. The summed E-state index contributed by atoms with van der Waals surface area (Å²) in [4.78, 5) is 19.1. The molecule has 1 aromatic heterocycles. The number of methoxy groups -OCH3 is 1. The largest absolute Gasteiger partial charge is 0.497 e. The SMILES string of the molecule is COc1ccc([C@H](CNC(=O)c2ccc(Cn3cncn3)cc2)N2CCCC2)cc1. The highest BCUT2D eigenvalue weighted by Crippen LogP contribution is 2.26. The maximum atomic E-state index is 12.7. The molecule has 1 amide bonds. The molecule has 1 aliphatic heterocycles. The Bertz CT molecular complexity index is 933. The van der Waals surface area contributed by atoms with Crippen LogP contribution >= 0.6 is 0 Å². The molecule has 30 heavy (non-hydrogen) atoms. The van der Waals surface area contributed by atoms with E-state index in [0.717, 1.165) is 24.4 Å². The molecule has 0 saturated carbocycles. The fourth-order valence-corrected chi connectivity index (χ4v) is 3.89. The van der Waals surface area contributed by atoms with E-state index in [0.29, 0.717) is 18.7 Å². The van der Waals surface area contributed by atoms with E-state index in [1.165, 1.54) is 24.7 Å². The Kier molecular flexibility index (Phi) is 6.39. The van der Waals surface area contributed by atoms with Crippen LogP contribution in [0.4, 0.5) is 0 Å². The first-order valence-electron chi connectivity index (χ1n) is 10.3. The van der Waals surface area contributed by atoms with Gasteiger partial charge in [0, 0.05) is 12.1 Å². The monoisotopic (exact) mass is 405 g/mol. The summed E-state index contributed by atoms with van der Waals surface area (Å²) in [6.07, 6.45) is 5.60. The van der Waals surface area contributed by atoms with Gasteiger partial charge in [-0.15, -0.1) is 0 Å². The Morgan fingerprint density at radius 3 is 2.47 bits per heavy atom. The first-order chi connectivity index (χ1) is 14.7. The lowest BCUT2D eigenvalue weighted by molar-refractivity contribution is 0.0938. The number of carbonyl (C=O) groups excluding carboxylic acids is 1. The summed E-state index contributed by atoms with van der Waals surface area (Å²) in [5, 5.41) is 7.24. The number of rotatable bonds is 8. The minimum absolute atomic E-state index is 0.0555. The first kappa shape index (κ1) is 20.1. The molecular formula is C23H27N5O2. The average Bonchev–Trinajstić information content (AvgIpc) is 3.49. The fraction of sp³-hybridized carbons (Fsp3) is 0.348. The number of nitrogens with zero attached hydrogens (tertiary/aromatic N) is 4. The minimum Gasteiger partial charge on any atom is -0.497 e. The van der Waals surface area contributed by atoms with Gasteiger partial charge in [0.2, 0.25) is 0 Å². The van der Waals surface area contributed by atoms with Gasteiger partial charge in [-0.25, -0.2) is 9.67 Å². The molecule has 0 aliphatic carbocycles. The zero-order chi connectivity index (χ0) is 20.8. The van der Waals surface area contributed by atoms with Gasteiger partial charge >= 0.3 is 0 Å². The highest BCUT2D eigenvalue weighted by atomic mass is 16.5. The van der Waals surface area contributed by atoms with Gasteiger partial charge in [-0.3, -0.25) is 9.69 Å². The number of ether oxygens (including phenoxy) is 1. The van der Waals surface area contributed by atoms with E-state index < -0.39 is 0 Å². The molecule has 7 nitrogen and oxygen atoms in total. The van der Waals surface area contributed by atoms with Crippen molar-refractivity contribution in [1.82, 2.24) is 25.0 Å². The Morgan fingerprint density at radius 2 is 1.83 bits per heavy atom. The maximum absolute atomic E-state index is 12.7. The molecule has 2 aromatic carbocycles. The topological polar surface area (TPSA) is 72.3 Å². The van der Waals surface area contributed by atoms with Crippen molar-refractivity contribution in [2.75, 3.05) is 26.7 Å². The second-order valence-corrected chi connectivity index (χ2v) is 7.53. The molecule has 1 fully saturated rings. The fourth-order valence-electron chi connectivity index (χ4n) is 3.89. The average molecular weight is 406 g/mol. The van der Waals surface area contributed by atoms with Crippen LogP contribution in [0.3, 0.4) is 0 Å². The Morgan fingerprint density at radius 1 is 1.10 bits per heavy atom. The number of nitrogens with one attached hydrogen (secondary N) is 1. The molecule has 0 spiro atoms. The van der Waals surface area contributed by atoms with Gasteiger partial charge in [-0.2, -0.15) is 5.10 Å². The van der Waals surface area contributed by atoms with E-state index in [9.17, 15) is 4.79 Å². The van der Waals surface area contributed by atoms with Gasteiger partial charge in [0.25, 0.3) is 5.91 Å². The molecular weight excluding hydrogens is 378 g/mol. The molecule has 7 heteroatoms. The lowest BCUT2D eigenvalue weighted by Crippen LogP contribution is -2.36. The van der Waals surface area contributed by atoms with Crippen LogP contribution in [0.25, 0.3) is 0 Å². The second kappa shape index (κ2) is 9.54. The minimum atomic E-state index is -0.0555. The van der Waals surface area contributed by atoms with Crippen LogP contribution in [0.1, 0.15) is 40.4 Å². The third-order valence-electron chi connectivity index (χ3n) is 5.57. The Balaban J connectivity index is 1.40. The van der Waals surface area contributed by atoms with Gasteiger partial charge < -0.3 is 10.1 Å². The summed E-state index contributed by atoms with van der Waals surface area (Å²) in [7, 11) is 1.67. The molecule has 4 rings (SSSR count). The zero-order valence-electron chi connectivity index (χ0n) is 17.2. The van der Waals surface area contributed by atoms with Gasteiger partial charge in [0.15, 0.2) is 0 Å². The number of hydrogen-bond acceptors (Lipinski definition) is 5. The van der Waals surface area contributed by atoms with E-state index in [2.05, 4.69) is 32.4 Å². The van der Waals surface area contributed by atoms with Crippen molar-refractivity contribution in [2.24, 2.45) is 0 Å². The Labute approximate surface area is 176 Å². The predicted molar refractivity (Wildman–Crippen MR) is 114 cm³/mol. The summed E-state index contributed by atoms with van der Waals surface area (Å²) >= 11 is 0. The Hall–Kier alpha value is -3.19. The van der Waals surface area contributed by atoms with E-state index in [4.69, 9.17) is 4.74 Å². The predicted octanol–water partition coefficient (Wildman–Crippen LogP) is 2.90. The molecule has 3 aromatic rings. The van der Waals surface area contributed by atoms with Crippen LogP contribution in [0, 0.1) is 0 Å². The highest BCUT2D eigenvalue weighted by molar-refractivity contribution is 5.94. The number of likely N-dealkylation sites (tertiary alicyclic amines) is 1. The number of benzene rings is 2. The molecule has 0 bridgehead atoms. The third-order valence-corrected chi connectivity index (χ3v) is 5.57. The molecule has 156 valence electrons. The number of carbonyl (C=O) groups is 1. The lowest BCUT2D eigenvalue weighted by Gasteiger charge is -2.28. The van der Waals surface area contributed by atoms with Crippen LogP contribution in [0.2, 0.25) is 0 Å². The maximum Gasteiger partial charge on any atom is 0.251 e. The summed E-state index contributed by atoms with van der Waals surface area (Å²) in [5.41, 5.74) is 2.93. The van der Waals surface area contributed by atoms with Crippen molar-refractivity contribution in [3.05, 3.63) is 77.9 Å².